The van der Waals surface area contributed by atoms with Crippen molar-refractivity contribution in [2.24, 2.45) is 0 Å². The predicted octanol–water partition coefficient (Wildman–Crippen LogP) is 3.13. The Morgan fingerprint density at radius 1 is 1.33 bits per heavy atom. The minimum absolute atomic E-state index is 0.0867. The van der Waals surface area contributed by atoms with Crippen LogP contribution in [0.5, 0.6) is 0 Å². The first-order chi connectivity index (χ1) is 11.5. The van der Waals surface area contributed by atoms with Crippen LogP contribution in [0.2, 0.25) is 0 Å². The summed E-state index contributed by atoms with van der Waals surface area (Å²) in [6.45, 7) is 3.92. The van der Waals surface area contributed by atoms with E-state index < -0.39 is 0 Å². The molecule has 2 aromatic rings. The molecule has 1 aromatic heterocycles. The topological polar surface area (TPSA) is 102 Å². The molecule has 0 spiro atoms. The molecule has 0 aliphatic heterocycles. The first-order valence-electron chi connectivity index (χ1n) is 7.33. The Morgan fingerprint density at radius 2 is 2.00 bits per heavy atom. The molecule has 0 amide bonds. The summed E-state index contributed by atoms with van der Waals surface area (Å²) in [5, 5.41) is 9.72. The number of esters is 1. The molecule has 0 saturated heterocycles. The number of carbonyl (C=O) groups excluding carboxylic acids is 1. The highest BCUT2D eigenvalue weighted by atomic mass is 32.2. The maximum absolute atomic E-state index is 11.4. The van der Waals surface area contributed by atoms with Crippen LogP contribution in [0.4, 0.5) is 5.82 Å². The minimum atomic E-state index is -0.362. The lowest BCUT2D eigenvalue weighted by Crippen LogP contribution is -2.06. The number of nitriles is 1. The Bertz CT molecular complexity index is 782. The molecule has 1 aromatic carbocycles. The standard InChI is InChI=1S/C17H18N4O2S/c1-10(2)14-13(8-18)15(19)21-17(20-14)24-9-11-4-6-12(7-5-11)16(22)23-3/h4-7,10H,9H2,1-3H3,(H2,19,20,21). The average Bonchev–Trinajstić information content (AvgIpc) is 2.59. The van der Waals surface area contributed by atoms with Gasteiger partial charge in [0.25, 0.3) is 0 Å². The van der Waals surface area contributed by atoms with Crippen LogP contribution in [-0.4, -0.2) is 23.0 Å². The van der Waals surface area contributed by atoms with Crippen LogP contribution in [0.1, 0.15) is 46.9 Å². The minimum Gasteiger partial charge on any atom is -0.465 e. The number of nitrogens with zero attached hydrogens (tertiary/aromatic N) is 3. The quantitative estimate of drug-likeness (QED) is 0.506. The van der Waals surface area contributed by atoms with Gasteiger partial charge in [-0.25, -0.2) is 14.8 Å². The number of aromatic nitrogens is 2. The summed E-state index contributed by atoms with van der Waals surface area (Å²) in [4.78, 5) is 20.1. The Morgan fingerprint density at radius 3 is 2.54 bits per heavy atom. The molecule has 2 N–H and O–H groups in total. The molecule has 124 valence electrons. The molecule has 0 aliphatic carbocycles. The van der Waals surface area contributed by atoms with Crippen molar-refractivity contribution in [2.75, 3.05) is 12.8 Å². The molecule has 0 unspecified atom stereocenters. The van der Waals surface area contributed by atoms with Gasteiger partial charge < -0.3 is 10.5 Å². The highest BCUT2D eigenvalue weighted by Gasteiger charge is 2.15. The number of ether oxygens (including phenoxy) is 1. The van der Waals surface area contributed by atoms with Crippen LogP contribution in [0, 0.1) is 11.3 Å². The number of hydrogen-bond acceptors (Lipinski definition) is 7. The van der Waals surface area contributed by atoms with E-state index >= 15 is 0 Å². The summed E-state index contributed by atoms with van der Waals surface area (Å²) < 4.78 is 4.67. The van der Waals surface area contributed by atoms with Crippen molar-refractivity contribution in [1.82, 2.24) is 9.97 Å². The first-order valence-corrected chi connectivity index (χ1v) is 8.32. The number of anilines is 1. The van der Waals surface area contributed by atoms with Crippen LogP contribution in [0.25, 0.3) is 0 Å². The third-order valence-corrected chi connectivity index (χ3v) is 4.26. The number of carbonyl (C=O) groups is 1. The number of rotatable bonds is 5. The van der Waals surface area contributed by atoms with Crippen molar-refractivity contribution in [2.45, 2.75) is 30.7 Å². The zero-order valence-electron chi connectivity index (χ0n) is 13.7. The van der Waals surface area contributed by atoms with E-state index in [0.29, 0.717) is 27.7 Å². The molecular formula is C17H18N4O2S. The second kappa shape index (κ2) is 7.79. The molecule has 0 fully saturated rings. The van der Waals surface area contributed by atoms with Crippen molar-refractivity contribution < 1.29 is 9.53 Å². The van der Waals surface area contributed by atoms with Gasteiger partial charge in [-0.1, -0.05) is 37.7 Å². The van der Waals surface area contributed by atoms with Crippen LogP contribution >= 0.6 is 11.8 Å². The van der Waals surface area contributed by atoms with Crippen LogP contribution in [-0.2, 0) is 10.5 Å². The van der Waals surface area contributed by atoms with Gasteiger partial charge in [0.05, 0.1) is 18.4 Å². The molecule has 0 atom stereocenters. The lowest BCUT2D eigenvalue weighted by Gasteiger charge is -2.10. The molecule has 7 heteroatoms. The van der Waals surface area contributed by atoms with E-state index in [1.165, 1.54) is 18.9 Å². The fourth-order valence-electron chi connectivity index (χ4n) is 2.07. The predicted molar refractivity (Wildman–Crippen MR) is 92.6 cm³/mol. The van der Waals surface area contributed by atoms with Gasteiger partial charge in [-0.2, -0.15) is 5.26 Å². The molecule has 0 aliphatic rings. The summed E-state index contributed by atoms with van der Waals surface area (Å²) in [6, 6.07) is 9.21. The van der Waals surface area contributed by atoms with Crippen LogP contribution in [0.3, 0.4) is 0 Å². The third-order valence-electron chi connectivity index (χ3n) is 3.35. The lowest BCUT2D eigenvalue weighted by molar-refractivity contribution is 0.0600. The molecule has 24 heavy (non-hydrogen) atoms. The molecule has 2 rings (SSSR count). The Labute approximate surface area is 145 Å². The van der Waals surface area contributed by atoms with Gasteiger partial charge in [-0.15, -0.1) is 0 Å². The molecule has 0 bridgehead atoms. The maximum atomic E-state index is 11.4. The molecular weight excluding hydrogens is 324 g/mol. The molecule has 1 heterocycles. The second-order valence-electron chi connectivity index (χ2n) is 5.40. The SMILES string of the molecule is COC(=O)c1ccc(CSc2nc(N)c(C#N)c(C(C)C)n2)cc1. The van der Waals surface area contributed by atoms with Crippen molar-refractivity contribution in [3.63, 3.8) is 0 Å². The average molecular weight is 342 g/mol. The molecule has 0 radical (unpaired) electrons. The summed E-state index contributed by atoms with van der Waals surface area (Å²) >= 11 is 1.43. The number of hydrogen-bond donors (Lipinski definition) is 1. The Kier molecular flexibility index (Phi) is 5.77. The zero-order valence-corrected chi connectivity index (χ0v) is 14.6. The van der Waals surface area contributed by atoms with Crippen molar-refractivity contribution >= 4 is 23.5 Å². The summed E-state index contributed by atoms with van der Waals surface area (Å²) in [7, 11) is 1.35. The van der Waals surface area contributed by atoms with Gasteiger partial charge >= 0.3 is 5.97 Å². The largest absolute Gasteiger partial charge is 0.465 e. The van der Waals surface area contributed by atoms with Crippen LogP contribution < -0.4 is 5.73 Å². The van der Waals surface area contributed by atoms with E-state index in [1.54, 1.807) is 12.1 Å². The van der Waals surface area contributed by atoms with Crippen molar-refractivity contribution in [3.05, 3.63) is 46.6 Å². The maximum Gasteiger partial charge on any atom is 0.337 e. The summed E-state index contributed by atoms with van der Waals surface area (Å²) in [6.07, 6.45) is 0. The number of thioether (sulfide) groups is 1. The zero-order chi connectivity index (χ0) is 17.7. The smallest absolute Gasteiger partial charge is 0.337 e. The van der Waals surface area contributed by atoms with Gasteiger partial charge in [0, 0.05) is 5.75 Å². The van der Waals surface area contributed by atoms with Gasteiger partial charge in [-0.05, 0) is 23.6 Å². The van der Waals surface area contributed by atoms with Crippen molar-refractivity contribution in [3.8, 4) is 6.07 Å². The van der Waals surface area contributed by atoms with Gasteiger partial charge in [0.15, 0.2) is 5.16 Å². The van der Waals surface area contributed by atoms with Gasteiger partial charge in [0.2, 0.25) is 0 Å². The van der Waals surface area contributed by atoms with E-state index in [2.05, 4.69) is 20.8 Å². The lowest BCUT2D eigenvalue weighted by atomic mass is 10.1. The first kappa shape index (κ1) is 17.8. The summed E-state index contributed by atoms with van der Waals surface area (Å²) in [5.74, 6) is 0.562. The normalized spacial score (nSPS) is 10.5. The van der Waals surface area contributed by atoms with E-state index in [9.17, 15) is 10.1 Å². The third kappa shape index (κ3) is 4.03. The van der Waals surface area contributed by atoms with Crippen molar-refractivity contribution in [1.29, 1.82) is 5.26 Å². The van der Waals surface area contributed by atoms with E-state index in [0.717, 1.165) is 5.56 Å². The van der Waals surface area contributed by atoms with Gasteiger partial charge in [0.1, 0.15) is 17.5 Å². The van der Waals surface area contributed by atoms with Crippen LogP contribution in [0.15, 0.2) is 29.4 Å². The number of nitrogen functional groups attached to an aromatic ring is 1. The molecule has 6 nitrogen and oxygen atoms in total. The van der Waals surface area contributed by atoms with E-state index in [1.807, 2.05) is 26.0 Å². The number of methoxy groups -OCH3 is 1. The highest BCUT2D eigenvalue weighted by Crippen LogP contribution is 2.26. The number of nitrogens with two attached hydrogens (primary N) is 1. The Hall–Kier alpha value is -2.59. The Balaban J connectivity index is 2.15. The van der Waals surface area contributed by atoms with Gasteiger partial charge in [-0.3, -0.25) is 0 Å². The van der Waals surface area contributed by atoms with E-state index in [-0.39, 0.29) is 17.7 Å². The summed E-state index contributed by atoms with van der Waals surface area (Å²) in [5.41, 5.74) is 8.40. The second-order valence-corrected chi connectivity index (χ2v) is 6.34. The monoisotopic (exact) mass is 342 g/mol. The van der Waals surface area contributed by atoms with E-state index in [4.69, 9.17) is 5.73 Å². The number of benzene rings is 1. The molecule has 0 saturated carbocycles. The fourth-order valence-corrected chi connectivity index (χ4v) is 2.89. The highest BCUT2D eigenvalue weighted by molar-refractivity contribution is 7.98. The fraction of sp³-hybridized carbons (Fsp3) is 0.294.